The molecular weight excluding hydrogens is 154 g/mol. The third-order valence-electron chi connectivity index (χ3n) is 2.23. The molecule has 1 aliphatic carbocycles. The normalized spacial score (nSPS) is 19.8. The summed E-state index contributed by atoms with van der Waals surface area (Å²) < 4.78 is 0. The Kier molecular flexibility index (Phi) is 1.48. The Balaban J connectivity index is 2.45. The molecule has 0 unspecified atom stereocenters. The zero-order valence-electron chi connectivity index (χ0n) is 6.25. The van der Waals surface area contributed by atoms with E-state index in [1.807, 2.05) is 18.2 Å². The van der Waals surface area contributed by atoms with Crippen LogP contribution >= 0.6 is 12.6 Å². The molecule has 2 N–H and O–H groups in total. The summed E-state index contributed by atoms with van der Waals surface area (Å²) in [7, 11) is 0. The first-order valence-electron chi connectivity index (χ1n) is 3.80. The average Bonchev–Trinajstić information content (AvgIpc) is 2.70. The van der Waals surface area contributed by atoms with E-state index in [2.05, 4.69) is 18.7 Å². The van der Waals surface area contributed by atoms with Crippen LogP contribution in [0.4, 0.5) is 0 Å². The molecule has 0 heterocycles. The van der Waals surface area contributed by atoms with Crippen molar-refractivity contribution in [2.45, 2.75) is 23.3 Å². The predicted molar refractivity (Wildman–Crippen MR) is 48.8 cm³/mol. The lowest BCUT2D eigenvalue weighted by Crippen LogP contribution is -2.19. The Morgan fingerprint density at radius 3 is 2.45 bits per heavy atom. The molecule has 2 heteroatoms. The van der Waals surface area contributed by atoms with Gasteiger partial charge in [-0.25, -0.2) is 0 Å². The number of nitrogens with two attached hydrogens (primary N) is 1. The maximum atomic E-state index is 6.02. The van der Waals surface area contributed by atoms with Crippen molar-refractivity contribution >= 4 is 12.6 Å². The highest BCUT2D eigenvalue weighted by Gasteiger charge is 2.40. The van der Waals surface area contributed by atoms with Crippen molar-refractivity contribution in [2.75, 3.05) is 0 Å². The first-order valence-corrected chi connectivity index (χ1v) is 4.24. The third-order valence-corrected chi connectivity index (χ3v) is 2.62. The quantitative estimate of drug-likeness (QED) is 0.611. The Morgan fingerprint density at radius 2 is 1.91 bits per heavy atom. The summed E-state index contributed by atoms with van der Waals surface area (Å²) in [6.07, 6.45) is 2.20. The molecule has 11 heavy (non-hydrogen) atoms. The van der Waals surface area contributed by atoms with Gasteiger partial charge >= 0.3 is 0 Å². The maximum absolute atomic E-state index is 6.02. The summed E-state index contributed by atoms with van der Waals surface area (Å²) in [4.78, 5) is 1.02. The Bertz CT molecular complexity index is 279. The number of hydrogen-bond donors (Lipinski definition) is 2. The molecule has 1 aliphatic rings. The molecule has 0 amide bonds. The minimum absolute atomic E-state index is 0.0433. The second-order valence-electron chi connectivity index (χ2n) is 3.17. The van der Waals surface area contributed by atoms with Crippen LogP contribution < -0.4 is 5.73 Å². The summed E-state index contributed by atoms with van der Waals surface area (Å²) in [6.45, 7) is 0. The Morgan fingerprint density at radius 1 is 1.27 bits per heavy atom. The van der Waals surface area contributed by atoms with E-state index >= 15 is 0 Å². The maximum Gasteiger partial charge on any atom is 0.0422 e. The molecule has 0 aromatic heterocycles. The minimum Gasteiger partial charge on any atom is -0.321 e. The SMILES string of the molecule is NC1(c2ccccc2S)CC1. The molecular formula is C9H11NS. The van der Waals surface area contributed by atoms with Crippen molar-refractivity contribution in [2.24, 2.45) is 5.73 Å². The van der Waals surface area contributed by atoms with Crippen LogP contribution in [0.3, 0.4) is 0 Å². The van der Waals surface area contributed by atoms with E-state index in [9.17, 15) is 0 Å². The van der Waals surface area contributed by atoms with Gasteiger partial charge in [0.15, 0.2) is 0 Å². The van der Waals surface area contributed by atoms with Crippen LogP contribution in [0.5, 0.6) is 0 Å². The van der Waals surface area contributed by atoms with E-state index < -0.39 is 0 Å². The second-order valence-corrected chi connectivity index (χ2v) is 3.66. The lowest BCUT2D eigenvalue weighted by atomic mass is 10.1. The van der Waals surface area contributed by atoms with Gasteiger partial charge in [-0.1, -0.05) is 18.2 Å². The van der Waals surface area contributed by atoms with Crippen molar-refractivity contribution < 1.29 is 0 Å². The standard InChI is InChI=1S/C9H11NS/c10-9(5-6-9)7-3-1-2-4-8(7)11/h1-4,11H,5-6,10H2. The smallest absolute Gasteiger partial charge is 0.0422 e. The summed E-state index contributed by atoms with van der Waals surface area (Å²) in [6, 6.07) is 8.06. The van der Waals surface area contributed by atoms with Crippen LogP contribution in [0.1, 0.15) is 18.4 Å². The van der Waals surface area contributed by atoms with Crippen molar-refractivity contribution in [3.05, 3.63) is 29.8 Å². The highest BCUT2D eigenvalue weighted by Crippen LogP contribution is 2.44. The number of benzene rings is 1. The molecule has 0 saturated heterocycles. The van der Waals surface area contributed by atoms with Gasteiger partial charge in [-0.05, 0) is 24.5 Å². The highest BCUT2D eigenvalue weighted by molar-refractivity contribution is 7.80. The predicted octanol–water partition coefficient (Wildman–Crippen LogP) is 1.92. The van der Waals surface area contributed by atoms with Gasteiger partial charge in [0, 0.05) is 10.4 Å². The lowest BCUT2D eigenvalue weighted by Gasteiger charge is -2.10. The van der Waals surface area contributed by atoms with Gasteiger partial charge in [-0.2, -0.15) is 0 Å². The topological polar surface area (TPSA) is 26.0 Å². The minimum atomic E-state index is -0.0433. The van der Waals surface area contributed by atoms with E-state index in [1.165, 1.54) is 5.56 Å². The van der Waals surface area contributed by atoms with Crippen LogP contribution in [-0.4, -0.2) is 0 Å². The molecule has 0 atom stereocenters. The van der Waals surface area contributed by atoms with E-state index in [0.717, 1.165) is 17.7 Å². The van der Waals surface area contributed by atoms with Crippen molar-refractivity contribution in [3.63, 3.8) is 0 Å². The van der Waals surface area contributed by atoms with Gasteiger partial charge in [0.25, 0.3) is 0 Å². The van der Waals surface area contributed by atoms with Gasteiger partial charge < -0.3 is 5.73 Å². The summed E-state index contributed by atoms with van der Waals surface area (Å²) in [5, 5.41) is 0. The third kappa shape index (κ3) is 1.17. The second kappa shape index (κ2) is 2.26. The fraction of sp³-hybridized carbons (Fsp3) is 0.333. The van der Waals surface area contributed by atoms with Crippen LogP contribution in [0.2, 0.25) is 0 Å². The van der Waals surface area contributed by atoms with Gasteiger partial charge in [0.05, 0.1) is 0 Å². The van der Waals surface area contributed by atoms with Crippen LogP contribution in [0.15, 0.2) is 29.2 Å². The van der Waals surface area contributed by atoms with Crippen molar-refractivity contribution in [1.82, 2.24) is 0 Å². The summed E-state index contributed by atoms with van der Waals surface area (Å²) >= 11 is 4.35. The van der Waals surface area contributed by atoms with E-state index in [0.29, 0.717) is 0 Å². The first-order chi connectivity index (χ1) is 5.22. The molecule has 0 aliphatic heterocycles. The van der Waals surface area contributed by atoms with E-state index in [1.54, 1.807) is 0 Å². The van der Waals surface area contributed by atoms with Crippen LogP contribution in [-0.2, 0) is 5.54 Å². The van der Waals surface area contributed by atoms with Gasteiger partial charge in [-0.15, -0.1) is 12.6 Å². The number of rotatable bonds is 1. The van der Waals surface area contributed by atoms with Crippen molar-refractivity contribution in [3.8, 4) is 0 Å². The van der Waals surface area contributed by atoms with E-state index in [4.69, 9.17) is 5.73 Å². The molecule has 58 valence electrons. The van der Waals surface area contributed by atoms with Crippen LogP contribution in [0, 0.1) is 0 Å². The van der Waals surface area contributed by atoms with E-state index in [-0.39, 0.29) is 5.54 Å². The molecule has 1 nitrogen and oxygen atoms in total. The summed E-state index contributed by atoms with van der Waals surface area (Å²) in [5.74, 6) is 0. The van der Waals surface area contributed by atoms with Crippen molar-refractivity contribution in [1.29, 1.82) is 0 Å². The number of thiol groups is 1. The molecule has 1 aromatic rings. The number of hydrogen-bond acceptors (Lipinski definition) is 2. The Labute approximate surface area is 72.0 Å². The molecule has 0 radical (unpaired) electrons. The largest absolute Gasteiger partial charge is 0.321 e. The Hall–Kier alpha value is -0.470. The molecule has 1 fully saturated rings. The molecule has 1 saturated carbocycles. The highest BCUT2D eigenvalue weighted by atomic mass is 32.1. The summed E-state index contributed by atoms with van der Waals surface area (Å²) in [5.41, 5.74) is 7.17. The zero-order chi connectivity index (χ0) is 7.90. The van der Waals surface area contributed by atoms with Crippen LogP contribution in [0.25, 0.3) is 0 Å². The molecule has 0 bridgehead atoms. The first kappa shape index (κ1) is 7.19. The zero-order valence-corrected chi connectivity index (χ0v) is 7.14. The molecule has 1 aromatic carbocycles. The lowest BCUT2D eigenvalue weighted by molar-refractivity contribution is 0.722. The molecule has 0 spiro atoms. The average molecular weight is 165 g/mol. The molecule has 2 rings (SSSR count). The van der Waals surface area contributed by atoms with Gasteiger partial charge in [0.1, 0.15) is 0 Å². The fourth-order valence-electron chi connectivity index (χ4n) is 1.30. The fourth-order valence-corrected chi connectivity index (χ4v) is 1.68. The monoisotopic (exact) mass is 165 g/mol. The van der Waals surface area contributed by atoms with Gasteiger partial charge in [-0.3, -0.25) is 0 Å². The van der Waals surface area contributed by atoms with Gasteiger partial charge in [0.2, 0.25) is 0 Å².